The molecular formula is C57H87N3O6S3. The molecule has 3 N–H and O–H groups in total. The van der Waals surface area contributed by atoms with Crippen LogP contribution < -0.4 is 0 Å². The van der Waals surface area contributed by atoms with Gasteiger partial charge in [-0.1, -0.05) is 161 Å². The molecule has 12 heteroatoms. The lowest BCUT2D eigenvalue weighted by Crippen LogP contribution is -2.59. The number of phenolic OH excluding ortho intramolecular Hbond substituents is 3. The molecule has 0 saturated carbocycles. The van der Waals surface area contributed by atoms with Crippen molar-refractivity contribution in [2.75, 3.05) is 37.3 Å². The van der Waals surface area contributed by atoms with Crippen LogP contribution in [-0.4, -0.2) is 85.0 Å². The fraction of sp³-hybridized carbons (Fsp3) is 0.632. The fourth-order valence-electron chi connectivity index (χ4n) is 8.51. The quantitative estimate of drug-likeness (QED) is 0.128. The third-order valence-electron chi connectivity index (χ3n) is 12.6. The maximum atomic E-state index is 14.0. The minimum atomic E-state index is -0.239. The third-order valence-corrected chi connectivity index (χ3v) is 15.7. The SMILES string of the molecule is CC(C)(C)c1cc(CSCCC(=O)N2CN(C(=O)CCSCc3cc(C(C)(C)C)c(O)c(C(C)(C)C)c3)CN(C(=O)CCSCc3cc(C(C)(C)C)c(O)c(C(C)(C)C)c3)C2)cc(C(C)(C)C)c1O. The second-order valence-electron chi connectivity index (χ2n) is 25.3. The molecule has 0 spiro atoms. The van der Waals surface area contributed by atoms with Crippen molar-refractivity contribution in [1.29, 1.82) is 0 Å². The van der Waals surface area contributed by atoms with Gasteiger partial charge in [0.25, 0.3) is 0 Å². The highest BCUT2D eigenvalue weighted by Gasteiger charge is 2.33. The van der Waals surface area contributed by atoms with Crippen molar-refractivity contribution in [3.05, 3.63) is 86.5 Å². The minimum Gasteiger partial charge on any atom is -0.507 e. The summed E-state index contributed by atoms with van der Waals surface area (Å²) in [7, 11) is 0. The Morgan fingerprint density at radius 1 is 0.377 bits per heavy atom. The smallest absolute Gasteiger partial charge is 0.226 e. The fourth-order valence-corrected chi connectivity index (χ4v) is 11.1. The van der Waals surface area contributed by atoms with Gasteiger partial charge in [0.15, 0.2) is 0 Å². The third kappa shape index (κ3) is 16.0. The molecule has 69 heavy (non-hydrogen) atoms. The molecular weight excluding hydrogens is 919 g/mol. The van der Waals surface area contributed by atoms with Crippen LogP contribution in [0.4, 0.5) is 0 Å². The second kappa shape index (κ2) is 22.5. The van der Waals surface area contributed by atoms with Gasteiger partial charge in [-0.25, -0.2) is 0 Å². The van der Waals surface area contributed by atoms with Crippen LogP contribution in [0.3, 0.4) is 0 Å². The molecule has 0 aromatic heterocycles. The standard InChI is InChI=1S/C57H87N3O6S3/c1-52(2,3)40-25-37(26-41(49(40)64)53(4,5)6)31-67-22-19-46(61)58-34-59(47(62)20-23-68-32-38-27-42(54(7,8)9)50(65)43(28-38)55(10,11)12)36-60(35-58)48(63)21-24-69-33-39-29-44(56(13,14)15)51(66)45(30-39)57(16,17)18/h25-30,64-66H,19-24,31-36H2,1-18H3. The molecule has 1 fully saturated rings. The summed E-state index contributed by atoms with van der Waals surface area (Å²) in [6.45, 7) is 38.3. The number of nitrogens with zero attached hydrogens (tertiary/aromatic N) is 3. The van der Waals surface area contributed by atoms with Crippen LogP contribution in [0.15, 0.2) is 36.4 Å². The molecule has 0 radical (unpaired) electrons. The van der Waals surface area contributed by atoms with Gasteiger partial charge in [0, 0.05) is 53.8 Å². The van der Waals surface area contributed by atoms with E-state index >= 15 is 0 Å². The van der Waals surface area contributed by atoms with Crippen LogP contribution in [0.25, 0.3) is 0 Å². The molecule has 1 heterocycles. The number of carbonyl (C=O) groups excluding carboxylic acids is 3. The second-order valence-corrected chi connectivity index (χ2v) is 28.6. The predicted molar refractivity (Wildman–Crippen MR) is 294 cm³/mol. The van der Waals surface area contributed by atoms with Gasteiger partial charge in [-0.2, -0.15) is 35.3 Å². The summed E-state index contributed by atoms with van der Waals surface area (Å²) in [6, 6.07) is 12.5. The molecule has 1 aliphatic heterocycles. The van der Waals surface area contributed by atoms with E-state index in [2.05, 4.69) is 161 Å². The Kier molecular flexibility index (Phi) is 19.0. The van der Waals surface area contributed by atoms with Crippen molar-refractivity contribution in [2.24, 2.45) is 0 Å². The number of rotatable bonds is 15. The van der Waals surface area contributed by atoms with Gasteiger partial charge in [0.05, 0.1) is 20.0 Å². The molecule has 3 aromatic carbocycles. The van der Waals surface area contributed by atoms with E-state index in [9.17, 15) is 29.7 Å². The lowest BCUT2D eigenvalue weighted by Gasteiger charge is -2.42. The predicted octanol–water partition coefficient (Wildman–Crippen LogP) is 13.2. The normalized spacial score (nSPS) is 14.4. The Morgan fingerprint density at radius 2 is 0.551 bits per heavy atom. The van der Waals surface area contributed by atoms with Gasteiger partial charge in [0.2, 0.25) is 17.7 Å². The summed E-state index contributed by atoms with van der Waals surface area (Å²) >= 11 is 5.00. The monoisotopic (exact) mass is 1010 g/mol. The molecule has 4 rings (SSSR count). The van der Waals surface area contributed by atoms with Crippen LogP contribution in [0, 0.1) is 0 Å². The van der Waals surface area contributed by atoms with Crippen LogP contribution in [0.5, 0.6) is 17.2 Å². The molecule has 1 aliphatic rings. The van der Waals surface area contributed by atoms with Crippen molar-refractivity contribution < 1.29 is 29.7 Å². The summed E-state index contributed by atoms with van der Waals surface area (Å²) < 4.78 is 0. The van der Waals surface area contributed by atoms with Crippen LogP contribution in [0.2, 0.25) is 0 Å². The van der Waals surface area contributed by atoms with Crippen molar-refractivity contribution in [3.63, 3.8) is 0 Å². The maximum absolute atomic E-state index is 14.0. The van der Waals surface area contributed by atoms with E-state index in [1.54, 1.807) is 50.0 Å². The zero-order valence-electron chi connectivity index (χ0n) is 45.6. The average molecular weight is 1010 g/mol. The van der Waals surface area contributed by atoms with Crippen molar-refractivity contribution >= 4 is 53.0 Å². The molecule has 9 nitrogen and oxygen atoms in total. The highest BCUT2D eigenvalue weighted by atomic mass is 32.2. The van der Waals surface area contributed by atoms with Gasteiger partial charge < -0.3 is 30.0 Å². The van der Waals surface area contributed by atoms with E-state index in [1.165, 1.54) is 0 Å². The lowest BCUT2D eigenvalue weighted by molar-refractivity contribution is -0.158. The highest BCUT2D eigenvalue weighted by Crippen LogP contribution is 2.43. The Labute approximate surface area is 429 Å². The van der Waals surface area contributed by atoms with E-state index < -0.39 is 0 Å². The number of aromatic hydroxyl groups is 3. The number of thioether (sulfide) groups is 3. The largest absolute Gasteiger partial charge is 0.507 e. The molecule has 0 atom stereocenters. The first kappa shape index (κ1) is 58.1. The van der Waals surface area contributed by atoms with Gasteiger partial charge in [0.1, 0.15) is 17.2 Å². The Hall–Kier alpha value is -3.48. The summed E-state index contributed by atoms with van der Waals surface area (Å²) in [5, 5.41) is 33.7. The molecule has 0 bridgehead atoms. The number of hydrogen-bond donors (Lipinski definition) is 3. The van der Waals surface area contributed by atoms with E-state index in [0.717, 1.165) is 50.1 Å². The zero-order chi connectivity index (χ0) is 52.2. The molecule has 0 aliphatic carbocycles. The lowest BCUT2D eigenvalue weighted by atomic mass is 9.78. The summed E-state index contributed by atoms with van der Waals surface area (Å²) in [5.41, 5.74) is 7.35. The molecule has 0 unspecified atom stereocenters. The van der Waals surface area contributed by atoms with Gasteiger partial charge in [-0.3, -0.25) is 14.4 Å². The average Bonchev–Trinajstić information content (AvgIpc) is 3.20. The Bertz CT molecular complexity index is 1930. The van der Waals surface area contributed by atoms with E-state index in [-0.39, 0.29) is 89.5 Å². The molecule has 3 aromatic rings. The van der Waals surface area contributed by atoms with E-state index in [4.69, 9.17) is 0 Å². The molecule has 1 saturated heterocycles. The van der Waals surface area contributed by atoms with Crippen LogP contribution in [-0.2, 0) is 64.1 Å². The molecule has 384 valence electrons. The summed E-state index contributed by atoms with van der Waals surface area (Å²) in [5.74, 6) is 4.48. The van der Waals surface area contributed by atoms with Crippen molar-refractivity contribution in [1.82, 2.24) is 14.7 Å². The Morgan fingerprint density at radius 3 is 0.710 bits per heavy atom. The topological polar surface area (TPSA) is 122 Å². The van der Waals surface area contributed by atoms with E-state index in [0.29, 0.717) is 51.8 Å². The first-order valence-electron chi connectivity index (χ1n) is 24.7. The van der Waals surface area contributed by atoms with Gasteiger partial charge in [-0.15, -0.1) is 0 Å². The number of phenols is 3. The number of hydrogen-bond acceptors (Lipinski definition) is 9. The number of carbonyl (C=O) groups is 3. The van der Waals surface area contributed by atoms with Crippen LogP contribution in [0.1, 0.15) is 194 Å². The minimum absolute atomic E-state index is 0.105. The summed E-state index contributed by atoms with van der Waals surface area (Å²) in [4.78, 5) is 46.9. The first-order chi connectivity index (χ1) is 31.5. The van der Waals surface area contributed by atoms with Crippen molar-refractivity contribution in [2.45, 2.75) is 194 Å². The highest BCUT2D eigenvalue weighted by molar-refractivity contribution is 7.98. The van der Waals surface area contributed by atoms with Gasteiger partial charge >= 0.3 is 0 Å². The van der Waals surface area contributed by atoms with E-state index in [1.807, 2.05) is 0 Å². The Balaban J connectivity index is 1.47. The first-order valence-corrected chi connectivity index (χ1v) is 28.1. The summed E-state index contributed by atoms with van der Waals surface area (Å²) in [6.07, 6.45) is 0.780. The van der Waals surface area contributed by atoms with Gasteiger partial charge in [-0.05, 0) is 82.6 Å². The van der Waals surface area contributed by atoms with Crippen LogP contribution >= 0.6 is 35.3 Å². The number of benzene rings is 3. The molecule has 3 amide bonds. The van der Waals surface area contributed by atoms with Crippen molar-refractivity contribution in [3.8, 4) is 17.2 Å². The maximum Gasteiger partial charge on any atom is 0.226 e. The number of amides is 3. The zero-order valence-corrected chi connectivity index (χ0v) is 48.0.